The zero-order valence-electron chi connectivity index (χ0n) is 10.6. The van der Waals surface area contributed by atoms with E-state index in [0.29, 0.717) is 5.88 Å². The number of hydrazine groups is 1. The van der Waals surface area contributed by atoms with Crippen molar-refractivity contribution in [2.75, 3.05) is 44.3 Å². The van der Waals surface area contributed by atoms with Gasteiger partial charge in [0.1, 0.15) is 11.9 Å². The number of nitrogens with two attached hydrogens (primary N) is 1. The van der Waals surface area contributed by atoms with Gasteiger partial charge in [-0.05, 0) is 28.7 Å². The van der Waals surface area contributed by atoms with Crippen LogP contribution in [0.4, 0.5) is 5.82 Å². The van der Waals surface area contributed by atoms with Gasteiger partial charge >= 0.3 is 0 Å². The van der Waals surface area contributed by atoms with Gasteiger partial charge in [-0.25, -0.2) is 5.01 Å². The van der Waals surface area contributed by atoms with E-state index in [4.69, 9.17) is 15.3 Å². The Labute approximate surface area is 126 Å². The van der Waals surface area contributed by atoms with Gasteiger partial charge in [0.25, 0.3) is 0 Å². The molecule has 0 aliphatic carbocycles. The highest BCUT2D eigenvalue weighted by molar-refractivity contribution is 14.1. The van der Waals surface area contributed by atoms with Crippen molar-refractivity contribution in [3.8, 4) is 5.88 Å². The number of hydrogen-bond acceptors (Lipinski definition) is 6. The fourth-order valence-corrected chi connectivity index (χ4v) is 2.74. The van der Waals surface area contributed by atoms with Gasteiger partial charge in [-0.1, -0.05) is 0 Å². The Morgan fingerprint density at radius 1 is 1.32 bits per heavy atom. The molecule has 1 aromatic heterocycles. The second-order valence-electron chi connectivity index (χ2n) is 4.77. The summed E-state index contributed by atoms with van der Waals surface area (Å²) >= 11 is 2.30. The van der Waals surface area contributed by atoms with Crippen LogP contribution in [0.2, 0.25) is 0 Å². The van der Waals surface area contributed by atoms with E-state index in [9.17, 15) is 0 Å². The highest BCUT2D eigenvalue weighted by Crippen LogP contribution is 2.23. The molecule has 0 spiro atoms. The van der Waals surface area contributed by atoms with Crippen molar-refractivity contribution in [3.63, 3.8) is 0 Å². The number of halogens is 1. The first-order chi connectivity index (χ1) is 9.20. The van der Waals surface area contributed by atoms with E-state index in [1.54, 1.807) is 5.01 Å². The smallest absolute Gasteiger partial charge is 0.216 e. The first kappa shape index (κ1) is 13.3. The van der Waals surface area contributed by atoms with Gasteiger partial charge in [0.05, 0.1) is 26.3 Å². The molecule has 0 radical (unpaired) electrons. The Hall–Kier alpha value is -0.640. The van der Waals surface area contributed by atoms with Crippen molar-refractivity contribution in [3.05, 3.63) is 15.7 Å². The van der Waals surface area contributed by atoms with Gasteiger partial charge in [0, 0.05) is 22.7 Å². The standard InChI is InChI=1S/C12H17IN4O2/c13-9-5-11(16-1-3-18-4-2-16)15-12(6-9)19-10-7-17(14)8-10/h5-6,10H,1-4,7-8,14H2. The van der Waals surface area contributed by atoms with E-state index >= 15 is 0 Å². The molecule has 1 aromatic rings. The molecular formula is C12H17IN4O2. The Morgan fingerprint density at radius 2 is 2.05 bits per heavy atom. The lowest BCUT2D eigenvalue weighted by Gasteiger charge is -2.35. The van der Waals surface area contributed by atoms with E-state index in [1.807, 2.05) is 6.07 Å². The molecule has 0 atom stereocenters. The zero-order chi connectivity index (χ0) is 13.2. The van der Waals surface area contributed by atoms with Gasteiger partial charge in [0.15, 0.2) is 0 Å². The number of nitrogens with zero attached hydrogens (tertiary/aromatic N) is 3. The van der Waals surface area contributed by atoms with Crippen LogP contribution in [-0.4, -0.2) is 55.5 Å². The molecule has 3 rings (SSSR count). The Bertz CT molecular complexity index is 447. The molecule has 2 aliphatic rings. The Balaban J connectivity index is 1.71. The maximum absolute atomic E-state index is 5.84. The summed E-state index contributed by atoms with van der Waals surface area (Å²) in [6.45, 7) is 4.81. The average molecular weight is 376 g/mol. The molecule has 6 nitrogen and oxygen atoms in total. The largest absolute Gasteiger partial charge is 0.471 e. The number of anilines is 1. The maximum atomic E-state index is 5.84. The third-order valence-electron chi connectivity index (χ3n) is 3.25. The summed E-state index contributed by atoms with van der Waals surface area (Å²) in [6.07, 6.45) is 0.160. The van der Waals surface area contributed by atoms with Crippen molar-refractivity contribution >= 4 is 28.4 Å². The van der Waals surface area contributed by atoms with E-state index in [2.05, 4.69) is 38.5 Å². The molecule has 0 aromatic carbocycles. The summed E-state index contributed by atoms with van der Waals surface area (Å²) in [5.41, 5.74) is 0. The minimum Gasteiger partial charge on any atom is -0.471 e. The monoisotopic (exact) mass is 376 g/mol. The molecule has 0 unspecified atom stereocenters. The summed E-state index contributed by atoms with van der Waals surface area (Å²) in [4.78, 5) is 6.82. The van der Waals surface area contributed by atoms with Gasteiger partial charge in [-0.3, -0.25) is 5.84 Å². The predicted octanol–water partition coefficient (Wildman–Crippen LogP) is 0.459. The first-order valence-electron chi connectivity index (χ1n) is 6.37. The third-order valence-corrected chi connectivity index (χ3v) is 3.87. The average Bonchev–Trinajstić information content (AvgIpc) is 2.37. The third kappa shape index (κ3) is 3.28. The molecule has 2 saturated heterocycles. The van der Waals surface area contributed by atoms with Crippen LogP contribution < -0.4 is 15.5 Å². The van der Waals surface area contributed by atoms with Crippen molar-refractivity contribution in [1.29, 1.82) is 0 Å². The second kappa shape index (κ2) is 5.78. The number of pyridine rings is 1. The number of rotatable bonds is 3. The lowest BCUT2D eigenvalue weighted by molar-refractivity contribution is 0.0169. The number of morpholine rings is 1. The predicted molar refractivity (Wildman–Crippen MR) is 80.2 cm³/mol. The molecule has 2 N–H and O–H groups in total. The van der Waals surface area contributed by atoms with E-state index in [1.165, 1.54) is 0 Å². The van der Waals surface area contributed by atoms with E-state index in [0.717, 1.165) is 48.8 Å². The van der Waals surface area contributed by atoms with Crippen molar-refractivity contribution in [2.45, 2.75) is 6.10 Å². The van der Waals surface area contributed by atoms with Crippen molar-refractivity contribution < 1.29 is 9.47 Å². The molecule has 19 heavy (non-hydrogen) atoms. The lowest BCUT2D eigenvalue weighted by Crippen LogP contribution is -2.57. The minimum atomic E-state index is 0.160. The number of aromatic nitrogens is 1. The van der Waals surface area contributed by atoms with E-state index < -0.39 is 0 Å². The lowest BCUT2D eigenvalue weighted by atomic mass is 10.2. The Kier molecular flexibility index (Phi) is 4.06. The quantitative estimate of drug-likeness (QED) is 0.611. The summed E-state index contributed by atoms with van der Waals surface area (Å²) in [7, 11) is 0. The molecule has 2 fully saturated rings. The molecule has 7 heteroatoms. The minimum absolute atomic E-state index is 0.160. The van der Waals surface area contributed by atoms with Gasteiger partial charge in [-0.2, -0.15) is 4.98 Å². The van der Waals surface area contributed by atoms with Crippen LogP contribution in [0, 0.1) is 3.57 Å². The second-order valence-corrected chi connectivity index (χ2v) is 6.02. The SMILES string of the molecule is NN1CC(Oc2cc(I)cc(N3CCOCC3)n2)C1. The van der Waals surface area contributed by atoms with E-state index in [-0.39, 0.29) is 6.10 Å². The number of hydrogen-bond donors (Lipinski definition) is 1. The number of ether oxygens (including phenoxy) is 2. The van der Waals surface area contributed by atoms with Gasteiger partial charge in [-0.15, -0.1) is 0 Å². The van der Waals surface area contributed by atoms with Crippen LogP contribution in [0.1, 0.15) is 0 Å². The van der Waals surface area contributed by atoms with Crippen LogP contribution in [0.5, 0.6) is 5.88 Å². The van der Waals surface area contributed by atoms with Gasteiger partial charge in [0.2, 0.25) is 5.88 Å². The highest BCUT2D eigenvalue weighted by Gasteiger charge is 2.26. The Morgan fingerprint density at radius 3 is 2.74 bits per heavy atom. The molecule has 0 saturated carbocycles. The fourth-order valence-electron chi connectivity index (χ4n) is 2.19. The van der Waals surface area contributed by atoms with Crippen molar-refractivity contribution in [1.82, 2.24) is 9.99 Å². The van der Waals surface area contributed by atoms with Crippen LogP contribution in [-0.2, 0) is 4.74 Å². The van der Waals surface area contributed by atoms with Crippen LogP contribution >= 0.6 is 22.6 Å². The van der Waals surface area contributed by atoms with Crippen LogP contribution in [0.25, 0.3) is 0 Å². The molecular weight excluding hydrogens is 359 g/mol. The molecule has 3 heterocycles. The van der Waals surface area contributed by atoms with Gasteiger partial charge < -0.3 is 14.4 Å². The van der Waals surface area contributed by atoms with Crippen LogP contribution in [0.3, 0.4) is 0 Å². The van der Waals surface area contributed by atoms with Crippen molar-refractivity contribution in [2.24, 2.45) is 5.84 Å². The molecule has 0 bridgehead atoms. The molecule has 2 aliphatic heterocycles. The summed E-state index contributed by atoms with van der Waals surface area (Å²) in [6, 6.07) is 4.04. The summed E-state index contributed by atoms with van der Waals surface area (Å²) in [5.74, 6) is 7.26. The summed E-state index contributed by atoms with van der Waals surface area (Å²) < 4.78 is 12.3. The normalized spacial score (nSPS) is 21.3. The molecule has 104 valence electrons. The molecule has 0 amide bonds. The highest BCUT2D eigenvalue weighted by atomic mass is 127. The topological polar surface area (TPSA) is 63.8 Å². The maximum Gasteiger partial charge on any atom is 0.216 e. The van der Waals surface area contributed by atoms with Crippen LogP contribution in [0.15, 0.2) is 12.1 Å². The fraction of sp³-hybridized carbons (Fsp3) is 0.583. The first-order valence-corrected chi connectivity index (χ1v) is 7.45. The zero-order valence-corrected chi connectivity index (χ0v) is 12.7. The summed E-state index contributed by atoms with van der Waals surface area (Å²) in [5, 5.41) is 1.74.